The lowest BCUT2D eigenvalue weighted by Gasteiger charge is -2.07. The molecule has 0 aliphatic rings. The lowest BCUT2D eigenvalue weighted by Crippen LogP contribution is -2.23. The van der Waals surface area contributed by atoms with E-state index in [1.807, 2.05) is 6.92 Å². The highest BCUT2D eigenvalue weighted by atomic mass is 16.5. The molecule has 1 rings (SSSR count). The topological polar surface area (TPSA) is 64.3 Å². The van der Waals surface area contributed by atoms with Gasteiger partial charge in [0.1, 0.15) is 5.75 Å². The van der Waals surface area contributed by atoms with Crippen molar-refractivity contribution in [1.29, 1.82) is 0 Å². The molecule has 0 radical (unpaired) electrons. The summed E-state index contributed by atoms with van der Waals surface area (Å²) >= 11 is 0. The smallest absolute Gasteiger partial charge is 0.253 e. The minimum absolute atomic E-state index is 0.177. The van der Waals surface area contributed by atoms with Crippen molar-refractivity contribution in [2.45, 2.75) is 6.92 Å². The molecular formula is C10H14N2O2. The standard InChI is InChI=1S/C10H14N2O2/c1-3-12-10(13)8-6-7(14-2)4-5-9(8)11/h4-6H,3,11H2,1-2H3,(H,12,13). The van der Waals surface area contributed by atoms with E-state index in [1.54, 1.807) is 25.3 Å². The molecule has 0 fully saturated rings. The number of nitrogens with two attached hydrogens (primary N) is 1. The van der Waals surface area contributed by atoms with Gasteiger partial charge in [-0.2, -0.15) is 0 Å². The second-order valence-electron chi connectivity index (χ2n) is 2.81. The lowest BCUT2D eigenvalue weighted by atomic mass is 10.1. The highest BCUT2D eigenvalue weighted by Crippen LogP contribution is 2.19. The fraction of sp³-hybridized carbons (Fsp3) is 0.300. The number of carbonyl (C=O) groups is 1. The molecule has 1 amide bonds. The summed E-state index contributed by atoms with van der Waals surface area (Å²) in [5.41, 5.74) is 6.56. The summed E-state index contributed by atoms with van der Waals surface area (Å²) in [5, 5.41) is 2.68. The van der Waals surface area contributed by atoms with Crippen LogP contribution in [0.4, 0.5) is 5.69 Å². The van der Waals surface area contributed by atoms with E-state index in [1.165, 1.54) is 0 Å². The predicted molar refractivity (Wildman–Crippen MR) is 55.4 cm³/mol. The van der Waals surface area contributed by atoms with Crippen LogP contribution in [0.25, 0.3) is 0 Å². The second kappa shape index (κ2) is 4.50. The predicted octanol–water partition coefficient (Wildman–Crippen LogP) is 1.03. The van der Waals surface area contributed by atoms with Gasteiger partial charge in [-0.15, -0.1) is 0 Å². The van der Waals surface area contributed by atoms with Crippen molar-refractivity contribution >= 4 is 11.6 Å². The van der Waals surface area contributed by atoms with Crippen molar-refractivity contribution in [3.8, 4) is 5.75 Å². The van der Waals surface area contributed by atoms with Gasteiger partial charge in [0, 0.05) is 12.2 Å². The van der Waals surface area contributed by atoms with Crippen LogP contribution in [0, 0.1) is 0 Å². The Labute approximate surface area is 83.1 Å². The van der Waals surface area contributed by atoms with Gasteiger partial charge in [-0.05, 0) is 25.1 Å². The van der Waals surface area contributed by atoms with Crippen LogP contribution in [-0.4, -0.2) is 19.6 Å². The quantitative estimate of drug-likeness (QED) is 0.706. The number of methoxy groups -OCH3 is 1. The minimum atomic E-state index is -0.177. The molecule has 14 heavy (non-hydrogen) atoms. The monoisotopic (exact) mass is 194 g/mol. The molecule has 0 spiro atoms. The van der Waals surface area contributed by atoms with Crippen molar-refractivity contribution in [3.05, 3.63) is 23.8 Å². The number of amides is 1. The number of hydrogen-bond donors (Lipinski definition) is 2. The molecule has 0 saturated carbocycles. The number of anilines is 1. The number of carbonyl (C=O) groups excluding carboxylic acids is 1. The van der Waals surface area contributed by atoms with Crippen LogP contribution in [0.5, 0.6) is 5.75 Å². The van der Waals surface area contributed by atoms with Crippen LogP contribution in [-0.2, 0) is 0 Å². The maximum absolute atomic E-state index is 11.5. The minimum Gasteiger partial charge on any atom is -0.497 e. The van der Waals surface area contributed by atoms with Crippen molar-refractivity contribution in [1.82, 2.24) is 5.32 Å². The van der Waals surface area contributed by atoms with Gasteiger partial charge in [-0.1, -0.05) is 0 Å². The molecular weight excluding hydrogens is 180 g/mol. The Morgan fingerprint density at radius 1 is 1.57 bits per heavy atom. The van der Waals surface area contributed by atoms with E-state index in [0.717, 1.165) is 0 Å². The van der Waals surface area contributed by atoms with Gasteiger partial charge in [0.05, 0.1) is 12.7 Å². The van der Waals surface area contributed by atoms with Crippen LogP contribution < -0.4 is 15.8 Å². The van der Waals surface area contributed by atoms with Gasteiger partial charge >= 0.3 is 0 Å². The van der Waals surface area contributed by atoms with Crippen molar-refractivity contribution in [2.24, 2.45) is 0 Å². The molecule has 0 aliphatic heterocycles. The summed E-state index contributed by atoms with van der Waals surface area (Å²) in [6.07, 6.45) is 0. The van der Waals surface area contributed by atoms with Crippen LogP contribution in [0.15, 0.2) is 18.2 Å². The summed E-state index contributed by atoms with van der Waals surface area (Å²) in [7, 11) is 1.55. The van der Waals surface area contributed by atoms with E-state index < -0.39 is 0 Å². The number of hydrogen-bond acceptors (Lipinski definition) is 3. The zero-order valence-corrected chi connectivity index (χ0v) is 8.33. The molecule has 76 valence electrons. The third-order valence-corrected chi connectivity index (χ3v) is 1.84. The van der Waals surface area contributed by atoms with E-state index in [-0.39, 0.29) is 5.91 Å². The zero-order chi connectivity index (χ0) is 10.6. The van der Waals surface area contributed by atoms with E-state index in [4.69, 9.17) is 10.5 Å². The summed E-state index contributed by atoms with van der Waals surface area (Å²) in [6, 6.07) is 5.00. The second-order valence-corrected chi connectivity index (χ2v) is 2.81. The number of benzene rings is 1. The largest absolute Gasteiger partial charge is 0.497 e. The Bertz CT molecular complexity index is 337. The van der Waals surface area contributed by atoms with Crippen molar-refractivity contribution in [2.75, 3.05) is 19.4 Å². The van der Waals surface area contributed by atoms with Crippen LogP contribution in [0.1, 0.15) is 17.3 Å². The fourth-order valence-electron chi connectivity index (χ4n) is 1.11. The van der Waals surface area contributed by atoms with Crippen molar-refractivity contribution < 1.29 is 9.53 Å². The molecule has 0 aromatic heterocycles. The van der Waals surface area contributed by atoms with Crippen LogP contribution in [0.3, 0.4) is 0 Å². The first kappa shape index (κ1) is 10.4. The Hall–Kier alpha value is -1.71. The average molecular weight is 194 g/mol. The van der Waals surface area contributed by atoms with Gasteiger partial charge in [0.2, 0.25) is 0 Å². The molecule has 1 aromatic carbocycles. The third-order valence-electron chi connectivity index (χ3n) is 1.84. The average Bonchev–Trinajstić information content (AvgIpc) is 2.19. The zero-order valence-electron chi connectivity index (χ0n) is 8.33. The van der Waals surface area contributed by atoms with Crippen LogP contribution >= 0.6 is 0 Å². The molecule has 0 saturated heterocycles. The number of nitrogens with one attached hydrogen (secondary N) is 1. The Balaban J connectivity index is 2.99. The molecule has 0 aliphatic carbocycles. The fourth-order valence-corrected chi connectivity index (χ4v) is 1.11. The Kier molecular flexibility index (Phi) is 3.34. The first-order chi connectivity index (χ1) is 6.69. The molecule has 4 nitrogen and oxygen atoms in total. The molecule has 3 N–H and O–H groups in total. The maximum atomic E-state index is 11.5. The third kappa shape index (κ3) is 2.16. The summed E-state index contributed by atoms with van der Waals surface area (Å²) in [4.78, 5) is 11.5. The highest BCUT2D eigenvalue weighted by Gasteiger charge is 2.09. The van der Waals surface area contributed by atoms with E-state index >= 15 is 0 Å². The first-order valence-electron chi connectivity index (χ1n) is 4.40. The normalized spacial score (nSPS) is 9.57. The Morgan fingerprint density at radius 2 is 2.29 bits per heavy atom. The highest BCUT2D eigenvalue weighted by molar-refractivity contribution is 5.99. The SMILES string of the molecule is CCNC(=O)c1cc(OC)ccc1N. The summed E-state index contributed by atoms with van der Waals surface area (Å²) < 4.78 is 5.00. The number of ether oxygens (including phenoxy) is 1. The van der Waals surface area contributed by atoms with Gasteiger partial charge in [0.15, 0.2) is 0 Å². The summed E-state index contributed by atoms with van der Waals surface area (Å²) in [6.45, 7) is 2.43. The molecule has 0 atom stereocenters. The van der Waals surface area contributed by atoms with Crippen LogP contribution in [0.2, 0.25) is 0 Å². The Morgan fingerprint density at radius 3 is 2.86 bits per heavy atom. The van der Waals surface area contributed by atoms with Gasteiger partial charge < -0.3 is 15.8 Å². The maximum Gasteiger partial charge on any atom is 0.253 e. The summed E-state index contributed by atoms with van der Waals surface area (Å²) in [5.74, 6) is 0.448. The molecule has 0 unspecified atom stereocenters. The number of rotatable bonds is 3. The van der Waals surface area contributed by atoms with E-state index in [0.29, 0.717) is 23.5 Å². The van der Waals surface area contributed by atoms with Gasteiger partial charge in [-0.3, -0.25) is 4.79 Å². The lowest BCUT2D eigenvalue weighted by molar-refractivity contribution is 0.0956. The molecule has 4 heteroatoms. The van der Waals surface area contributed by atoms with E-state index in [2.05, 4.69) is 5.32 Å². The van der Waals surface area contributed by atoms with Crippen molar-refractivity contribution in [3.63, 3.8) is 0 Å². The number of nitrogen functional groups attached to an aromatic ring is 1. The molecule has 1 aromatic rings. The first-order valence-corrected chi connectivity index (χ1v) is 4.40. The van der Waals surface area contributed by atoms with Gasteiger partial charge in [0.25, 0.3) is 5.91 Å². The molecule has 0 bridgehead atoms. The van der Waals surface area contributed by atoms with E-state index in [9.17, 15) is 4.79 Å². The molecule has 0 heterocycles. The van der Waals surface area contributed by atoms with Gasteiger partial charge in [-0.25, -0.2) is 0 Å².